The topological polar surface area (TPSA) is 106 Å². The summed E-state index contributed by atoms with van der Waals surface area (Å²) in [5.74, 6) is 0.462. The van der Waals surface area contributed by atoms with Crippen LogP contribution in [0.5, 0.6) is 0 Å². The van der Waals surface area contributed by atoms with E-state index in [9.17, 15) is 9.59 Å². The van der Waals surface area contributed by atoms with Crippen molar-refractivity contribution in [2.45, 2.75) is 50.6 Å². The fourth-order valence-corrected chi connectivity index (χ4v) is 5.83. The minimum atomic E-state index is -0.152. The molecular formula is C30H38ClN7O2. The van der Waals surface area contributed by atoms with Crippen molar-refractivity contribution in [3.05, 3.63) is 53.8 Å². The van der Waals surface area contributed by atoms with Gasteiger partial charge in [-0.3, -0.25) is 9.59 Å². The molecule has 10 heteroatoms. The van der Waals surface area contributed by atoms with Crippen LogP contribution in [-0.2, 0) is 9.59 Å². The maximum absolute atomic E-state index is 13.1. The van der Waals surface area contributed by atoms with Crippen LogP contribution in [0.2, 0.25) is 5.02 Å². The summed E-state index contributed by atoms with van der Waals surface area (Å²) in [5.41, 5.74) is 2.68. The number of para-hydroxylation sites is 1. The van der Waals surface area contributed by atoms with Crippen molar-refractivity contribution in [2.24, 2.45) is 5.92 Å². The van der Waals surface area contributed by atoms with E-state index in [0.717, 1.165) is 61.5 Å². The van der Waals surface area contributed by atoms with Gasteiger partial charge in [0.1, 0.15) is 0 Å². The molecule has 40 heavy (non-hydrogen) atoms. The van der Waals surface area contributed by atoms with Crippen molar-refractivity contribution < 1.29 is 9.59 Å². The van der Waals surface area contributed by atoms with Gasteiger partial charge in [0.05, 0.1) is 22.8 Å². The number of benzene rings is 1. The summed E-state index contributed by atoms with van der Waals surface area (Å²) in [5, 5.41) is 8.32. The van der Waals surface area contributed by atoms with Gasteiger partial charge in [-0.05, 0) is 58.7 Å². The Balaban J connectivity index is 1.12. The lowest BCUT2D eigenvalue weighted by Crippen LogP contribution is -2.48. The van der Waals surface area contributed by atoms with Crippen LogP contribution in [0.4, 0.5) is 5.95 Å². The fraction of sp³-hybridized carbons (Fsp3) is 0.467. The number of likely N-dealkylation sites (N-methyl/N-ethyl adjacent to an activating group) is 1. The third kappa shape index (κ3) is 6.82. The molecule has 1 aliphatic carbocycles. The second-order valence-electron chi connectivity index (χ2n) is 11.1. The number of anilines is 1. The lowest BCUT2D eigenvalue weighted by molar-refractivity contribution is -0.132. The highest BCUT2D eigenvalue weighted by Gasteiger charge is 2.30. The Hall–Kier alpha value is -3.43. The number of aromatic amines is 1. The molecule has 5 rings (SSSR count). The molecule has 1 unspecified atom stereocenters. The number of aromatic nitrogens is 3. The SMILES string of the molecule is CN(C)C/C=C/C(=O)N1CCCC(C(=O)N[C@H]2CC[C@@H](Nc3ncc(Cl)c(-c4c[nH]c5ccccc45)n3)CC2)C1. The summed E-state index contributed by atoms with van der Waals surface area (Å²) < 4.78 is 0. The summed E-state index contributed by atoms with van der Waals surface area (Å²) in [4.78, 5) is 41.9. The fourth-order valence-electron chi connectivity index (χ4n) is 5.64. The van der Waals surface area contributed by atoms with E-state index >= 15 is 0 Å². The first-order valence-corrected chi connectivity index (χ1v) is 14.5. The third-order valence-electron chi connectivity index (χ3n) is 7.83. The van der Waals surface area contributed by atoms with Crippen molar-refractivity contribution in [2.75, 3.05) is 39.0 Å². The van der Waals surface area contributed by atoms with E-state index in [0.29, 0.717) is 29.8 Å². The number of H-pyrrole nitrogens is 1. The molecule has 1 saturated carbocycles. The first-order valence-electron chi connectivity index (χ1n) is 14.1. The van der Waals surface area contributed by atoms with E-state index < -0.39 is 0 Å². The summed E-state index contributed by atoms with van der Waals surface area (Å²) in [7, 11) is 3.93. The summed E-state index contributed by atoms with van der Waals surface area (Å²) in [6.45, 7) is 1.91. The van der Waals surface area contributed by atoms with Gasteiger partial charge in [-0.2, -0.15) is 0 Å². The van der Waals surface area contributed by atoms with Crippen molar-refractivity contribution in [3.63, 3.8) is 0 Å². The highest BCUT2D eigenvalue weighted by molar-refractivity contribution is 6.33. The van der Waals surface area contributed by atoms with E-state index in [1.54, 1.807) is 17.2 Å². The molecule has 9 nitrogen and oxygen atoms in total. The highest BCUT2D eigenvalue weighted by atomic mass is 35.5. The van der Waals surface area contributed by atoms with Crippen molar-refractivity contribution >= 4 is 40.3 Å². The van der Waals surface area contributed by atoms with E-state index in [2.05, 4.69) is 26.7 Å². The van der Waals surface area contributed by atoms with Gasteiger partial charge in [0.15, 0.2) is 0 Å². The molecule has 1 atom stereocenters. The van der Waals surface area contributed by atoms with E-state index in [1.807, 2.05) is 49.5 Å². The van der Waals surface area contributed by atoms with Gasteiger partial charge in [0.2, 0.25) is 17.8 Å². The van der Waals surface area contributed by atoms with Crippen LogP contribution in [0, 0.1) is 5.92 Å². The van der Waals surface area contributed by atoms with Crippen LogP contribution < -0.4 is 10.6 Å². The van der Waals surface area contributed by atoms with Crippen LogP contribution in [-0.4, -0.2) is 82.4 Å². The second-order valence-corrected chi connectivity index (χ2v) is 11.5. The molecule has 3 N–H and O–H groups in total. The smallest absolute Gasteiger partial charge is 0.246 e. The zero-order chi connectivity index (χ0) is 28.1. The first kappa shape index (κ1) is 28.1. The average molecular weight is 564 g/mol. The largest absolute Gasteiger partial charge is 0.360 e. The molecule has 2 fully saturated rings. The normalized spacial score (nSPS) is 21.7. The Kier molecular flexibility index (Phi) is 9.01. The maximum Gasteiger partial charge on any atom is 0.246 e. The van der Waals surface area contributed by atoms with Gasteiger partial charge < -0.3 is 25.4 Å². The molecule has 3 aromatic rings. The van der Waals surface area contributed by atoms with Gasteiger partial charge in [0, 0.05) is 60.5 Å². The molecule has 1 aromatic carbocycles. The summed E-state index contributed by atoms with van der Waals surface area (Å²) in [6, 6.07) is 8.44. The molecule has 2 aromatic heterocycles. The molecule has 2 aliphatic rings. The van der Waals surface area contributed by atoms with Crippen LogP contribution >= 0.6 is 11.6 Å². The third-order valence-corrected chi connectivity index (χ3v) is 8.11. The predicted octanol–water partition coefficient (Wildman–Crippen LogP) is 4.47. The van der Waals surface area contributed by atoms with E-state index in [4.69, 9.17) is 16.6 Å². The van der Waals surface area contributed by atoms with Crippen LogP contribution in [0.25, 0.3) is 22.2 Å². The number of nitrogens with zero attached hydrogens (tertiary/aromatic N) is 4. The molecule has 0 bridgehead atoms. The number of carbonyl (C=O) groups is 2. The number of fused-ring (bicyclic) bond motifs is 1. The quantitative estimate of drug-likeness (QED) is 0.349. The number of halogens is 1. The highest BCUT2D eigenvalue weighted by Crippen LogP contribution is 2.33. The number of nitrogens with one attached hydrogen (secondary N) is 3. The number of hydrogen-bond donors (Lipinski definition) is 3. The standard InChI is InChI=1S/C30H38ClN7O2/c1-37(2)15-6-10-27(39)38-16-5-7-20(19-38)29(40)34-21-11-13-22(14-12-21)35-30-33-18-25(31)28(36-30)24-17-32-26-9-4-3-8-23(24)26/h3-4,6,8-10,17-18,20-22,32H,5,7,11-16,19H2,1-2H3,(H,34,40)(H,33,35,36)/b10-6+/t20?,21-,22+. The molecule has 3 heterocycles. The number of likely N-dealkylation sites (tertiary alicyclic amines) is 1. The van der Waals surface area contributed by atoms with Gasteiger partial charge in [-0.25, -0.2) is 9.97 Å². The minimum absolute atomic E-state index is 0.0109. The molecule has 0 spiro atoms. The average Bonchev–Trinajstić information content (AvgIpc) is 3.39. The second kappa shape index (κ2) is 12.8. The van der Waals surface area contributed by atoms with E-state index in [1.165, 1.54) is 0 Å². The monoisotopic (exact) mass is 563 g/mol. The molecule has 212 valence electrons. The van der Waals surface area contributed by atoms with E-state index in [-0.39, 0.29) is 29.8 Å². The van der Waals surface area contributed by atoms with Crippen LogP contribution in [0.1, 0.15) is 38.5 Å². The molecule has 2 amide bonds. The summed E-state index contributed by atoms with van der Waals surface area (Å²) in [6.07, 6.45) is 12.3. The molecular weight excluding hydrogens is 526 g/mol. The molecule has 0 radical (unpaired) electrons. The number of amides is 2. The Labute approximate surface area is 240 Å². The molecule has 1 aliphatic heterocycles. The van der Waals surface area contributed by atoms with Crippen molar-refractivity contribution in [3.8, 4) is 11.3 Å². The Morgan fingerprint density at radius 1 is 1.15 bits per heavy atom. The van der Waals surface area contributed by atoms with Gasteiger partial charge >= 0.3 is 0 Å². The number of carbonyl (C=O) groups excluding carboxylic acids is 2. The van der Waals surface area contributed by atoms with Gasteiger partial charge in [0.25, 0.3) is 0 Å². The Bertz CT molecular complexity index is 1360. The minimum Gasteiger partial charge on any atom is -0.360 e. The first-order chi connectivity index (χ1) is 19.4. The van der Waals surface area contributed by atoms with Crippen LogP contribution in [0.15, 0.2) is 48.8 Å². The Morgan fingerprint density at radius 2 is 1.93 bits per heavy atom. The van der Waals surface area contributed by atoms with Crippen molar-refractivity contribution in [1.82, 2.24) is 30.1 Å². The zero-order valence-electron chi connectivity index (χ0n) is 23.2. The predicted molar refractivity (Wildman–Crippen MR) is 159 cm³/mol. The number of hydrogen-bond acceptors (Lipinski definition) is 6. The lowest BCUT2D eigenvalue weighted by atomic mass is 9.90. The van der Waals surface area contributed by atoms with Gasteiger partial charge in [-0.1, -0.05) is 35.9 Å². The maximum atomic E-state index is 13.1. The zero-order valence-corrected chi connectivity index (χ0v) is 24.0. The lowest BCUT2D eigenvalue weighted by Gasteiger charge is -2.34. The number of rotatable bonds is 8. The van der Waals surface area contributed by atoms with Crippen LogP contribution in [0.3, 0.4) is 0 Å². The summed E-state index contributed by atoms with van der Waals surface area (Å²) >= 11 is 6.49. The van der Waals surface area contributed by atoms with Gasteiger partial charge in [-0.15, -0.1) is 0 Å². The Morgan fingerprint density at radius 3 is 2.73 bits per heavy atom. The molecule has 1 saturated heterocycles. The van der Waals surface area contributed by atoms with Crippen molar-refractivity contribution in [1.29, 1.82) is 0 Å². The number of piperidine rings is 1.